The van der Waals surface area contributed by atoms with Gasteiger partial charge in [0.15, 0.2) is 0 Å². The van der Waals surface area contributed by atoms with Crippen molar-refractivity contribution in [1.29, 1.82) is 0 Å². The number of rotatable bonds is 5. The molecule has 1 heterocycles. The van der Waals surface area contributed by atoms with Crippen LogP contribution < -0.4 is 0 Å². The van der Waals surface area contributed by atoms with Crippen molar-refractivity contribution in [2.45, 2.75) is 82.2 Å². The lowest BCUT2D eigenvalue weighted by Gasteiger charge is -2.36. The zero-order valence-electron chi connectivity index (χ0n) is 14.0. The van der Waals surface area contributed by atoms with Crippen LogP contribution in [-0.2, 0) is 19.1 Å². The summed E-state index contributed by atoms with van der Waals surface area (Å²) in [7, 11) is 1.74. The van der Waals surface area contributed by atoms with E-state index in [-0.39, 0.29) is 18.1 Å². The maximum absolute atomic E-state index is 11.3. The highest BCUT2D eigenvalue weighted by Crippen LogP contribution is 2.37. The van der Waals surface area contributed by atoms with Crippen LogP contribution in [0.15, 0.2) is 5.16 Å². The van der Waals surface area contributed by atoms with Gasteiger partial charge in [-0.3, -0.25) is 0 Å². The Morgan fingerprint density at radius 2 is 2.00 bits per heavy atom. The van der Waals surface area contributed by atoms with E-state index >= 15 is 0 Å². The number of hydrogen-bond donors (Lipinski definition) is 1. The first kappa shape index (κ1) is 16.7. The van der Waals surface area contributed by atoms with Crippen molar-refractivity contribution in [2.24, 2.45) is 11.1 Å². The minimum Gasteiger partial charge on any atom is -0.478 e. The molecule has 23 heavy (non-hydrogen) atoms. The lowest BCUT2D eigenvalue weighted by molar-refractivity contribution is -0.160. The highest BCUT2D eigenvalue weighted by molar-refractivity contribution is 5.94. The topological polar surface area (TPSA) is 77.4 Å². The smallest absolute Gasteiger partial charge is 0.351 e. The van der Waals surface area contributed by atoms with E-state index in [1.807, 2.05) is 0 Å². The van der Waals surface area contributed by atoms with Crippen molar-refractivity contribution in [3.05, 3.63) is 0 Å². The van der Waals surface area contributed by atoms with E-state index in [1.54, 1.807) is 14.0 Å². The van der Waals surface area contributed by atoms with Gasteiger partial charge in [-0.2, -0.15) is 0 Å². The number of ether oxygens (including phenoxy) is 2. The second-order valence-electron chi connectivity index (χ2n) is 7.25. The molecule has 0 bridgehead atoms. The number of nitrogens with zero attached hydrogens (tertiary/aromatic N) is 1. The first-order chi connectivity index (χ1) is 11.0. The summed E-state index contributed by atoms with van der Waals surface area (Å²) in [6.07, 6.45) is 8.38. The zero-order valence-corrected chi connectivity index (χ0v) is 14.0. The molecular weight excluding hydrogens is 298 g/mol. The monoisotopic (exact) mass is 325 g/mol. The molecule has 2 fully saturated rings. The van der Waals surface area contributed by atoms with Crippen LogP contribution >= 0.6 is 0 Å². The highest BCUT2D eigenvalue weighted by Gasteiger charge is 2.45. The quantitative estimate of drug-likeness (QED) is 0.841. The molecule has 1 aliphatic heterocycles. The SMILES string of the molecule is COC1CCC(C2=NOC(C)(C(=O)O)C2)CC1OC1CCCC1. The maximum atomic E-state index is 11.3. The summed E-state index contributed by atoms with van der Waals surface area (Å²) in [5, 5.41) is 13.4. The van der Waals surface area contributed by atoms with Crippen LogP contribution in [0.3, 0.4) is 0 Å². The molecule has 0 aromatic carbocycles. The molecule has 0 amide bonds. The van der Waals surface area contributed by atoms with E-state index in [4.69, 9.17) is 14.3 Å². The fourth-order valence-electron chi connectivity index (χ4n) is 3.99. The summed E-state index contributed by atoms with van der Waals surface area (Å²) < 4.78 is 11.9. The van der Waals surface area contributed by atoms with E-state index in [1.165, 1.54) is 12.8 Å². The molecule has 2 aliphatic carbocycles. The van der Waals surface area contributed by atoms with E-state index < -0.39 is 11.6 Å². The minimum absolute atomic E-state index is 0.0706. The van der Waals surface area contributed by atoms with Gasteiger partial charge in [-0.25, -0.2) is 4.79 Å². The second-order valence-corrected chi connectivity index (χ2v) is 7.25. The van der Waals surface area contributed by atoms with Gasteiger partial charge >= 0.3 is 5.97 Å². The Kier molecular flexibility index (Phi) is 4.92. The largest absolute Gasteiger partial charge is 0.478 e. The van der Waals surface area contributed by atoms with Crippen LogP contribution in [0.4, 0.5) is 0 Å². The Balaban J connectivity index is 1.62. The number of aliphatic carboxylic acids is 1. The van der Waals surface area contributed by atoms with Crippen molar-refractivity contribution < 1.29 is 24.2 Å². The second kappa shape index (κ2) is 6.77. The van der Waals surface area contributed by atoms with Gasteiger partial charge in [-0.15, -0.1) is 0 Å². The normalized spacial score (nSPS) is 38.3. The van der Waals surface area contributed by atoms with Gasteiger partial charge in [0.25, 0.3) is 0 Å². The number of carbonyl (C=O) groups is 1. The van der Waals surface area contributed by atoms with Crippen molar-refractivity contribution in [1.82, 2.24) is 0 Å². The molecule has 3 rings (SSSR count). The van der Waals surface area contributed by atoms with Crippen LogP contribution in [0.2, 0.25) is 0 Å². The van der Waals surface area contributed by atoms with Crippen molar-refractivity contribution >= 4 is 11.7 Å². The first-order valence-corrected chi connectivity index (χ1v) is 8.68. The number of oxime groups is 1. The average Bonchev–Trinajstić information content (AvgIpc) is 3.18. The van der Waals surface area contributed by atoms with Crippen LogP contribution in [-0.4, -0.2) is 47.8 Å². The molecule has 0 aromatic heterocycles. The molecule has 3 aliphatic rings. The lowest BCUT2D eigenvalue weighted by Crippen LogP contribution is -2.42. The summed E-state index contributed by atoms with van der Waals surface area (Å²) in [6, 6.07) is 0. The van der Waals surface area contributed by atoms with Gasteiger partial charge in [-0.1, -0.05) is 18.0 Å². The fourth-order valence-corrected chi connectivity index (χ4v) is 3.99. The predicted octanol–water partition coefficient (Wildman–Crippen LogP) is 2.75. The number of hydrogen-bond acceptors (Lipinski definition) is 5. The summed E-state index contributed by atoms with van der Waals surface area (Å²) in [5.74, 6) is -0.727. The summed E-state index contributed by atoms with van der Waals surface area (Å²) >= 11 is 0. The Morgan fingerprint density at radius 1 is 1.26 bits per heavy atom. The molecular formula is C17H27NO5. The molecule has 4 unspecified atom stereocenters. The Labute approximate surface area is 137 Å². The van der Waals surface area contributed by atoms with E-state index in [2.05, 4.69) is 5.16 Å². The zero-order chi connectivity index (χ0) is 16.4. The van der Waals surface area contributed by atoms with Crippen LogP contribution in [0.1, 0.15) is 58.3 Å². The maximum Gasteiger partial charge on any atom is 0.351 e. The van der Waals surface area contributed by atoms with E-state index in [0.29, 0.717) is 12.5 Å². The van der Waals surface area contributed by atoms with Crippen molar-refractivity contribution in [2.75, 3.05) is 7.11 Å². The summed E-state index contributed by atoms with van der Waals surface area (Å²) in [4.78, 5) is 16.5. The average molecular weight is 325 g/mol. The molecule has 2 saturated carbocycles. The van der Waals surface area contributed by atoms with Crippen LogP contribution in [0.5, 0.6) is 0 Å². The third-order valence-corrected chi connectivity index (χ3v) is 5.51. The van der Waals surface area contributed by atoms with Crippen LogP contribution in [0.25, 0.3) is 0 Å². The Morgan fingerprint density at radius 3 is 2.61 bits per heavy atom. The number of carboxylic acids is 1. The first-order valence-electron chi connectivity index (χ1n) is 8.68. The molecule has 0 radical (unpaired) electrons. The van der Waals surface area contributed by atoms with Gasteiger partial charge in [0.2, 0.25) is 5.60 Å². The molecule has 0 saturated heterocycles. The highest BCUT2D eigenvalue weighted by atomic mass is 16.7. The van der Waals surface area contributed by atoms with E-state index in [0.717, 1.165) is 37.8 Å². The van der Waals surface area contributed by atoms with Gasteiger partial charge in [0.05, 0.1) is 24.0 Å². The van der Waals surface area contributed by atoms with E-state index in [9.17, 15) is 9.90 Å². The molecule has 6 nitrogen and oxygen atoms in total. The van der Waals surface area contributed by atoms with Gasteiger partial charge in [-0.05, 0) is 39.0 Å². The lowest BCUT2D eigenvalue weighted by atomic mass is 9.79. The molecule has 6 heteroatoms. The minimum atomic E-state index is -1.21. The molecule has 1 N–H and O–H groups in total. The van der Waals surface area contributed by atoms with Gasteiger partial charge < -0.3 is 19.4 Å². The fraction of sp³-hybridized carbons (Fsp3) is 0.882. The molecule has 130 valence electrons. The Hall–Kier alpha value is -1.14. The third kappa shape index (κ3) is 3.53. The molecule has 4 atom stereocenters. The molecule has 0 spiro atoms. The Bertz CT molecular complexity index is 474. The summed E-state index contributed by atoms with van der Waals surface area (Å²) in [6.45, 7) is 1.58. The van der Waals surface area contributed by atoms with Crippen LogP contribution in [0, 0.1) is 5.92 Å². The number of carboxylic acid groups (broad SMARTS) is 1. The molecule has 0 aromatic rings. The van der Waals surface area contributed by atoms with Crippen molar-refractivity contribution in [3.8, 4) is 0 Å². The van der Waals surface area contributed by atoms with Crippen molar-refractivity contribution in [3.63, 3.8) is 0 Å². The standard InChI is InChI=1S/C17H27NO5/c1-17(16(19)20)10-13(18-23-17)11-7-8-14(21-2)15(9-11)22-12-5-3-4-6-12/h11-12,14-15H,3-10H2,1-2H3,(H,19,20). The van der Waals surface area contributed by atoms with Gasteiger partial charge in [0, 0.05) is 19.4 Å². The third-order valence-electron chi connectivity index (χ3n) is 5.51. The van der Waals surface area contributed by atoms with Gasteiger partial charge in [0.1, 0.15) is 0 Å². The number of methoxy groups -OCH3 is 1. The predicted molar refractivity (Wildman–Crippen MR) is 84.4 cm³/mol. The summed E-state index contributed by atoms with van der Waals surface area (Å²) in [5.41, 5.74) is -0.348.